The van der Waals surface area contributed by atoms with E-state index in [0.29, 0.717) is 0 Å². The molecule has 1 N–H and O–H groups in total. The molecule has 0 bridgehead atoms. The van der Waals surface area contributed by atoms with Crippen molar-refractivity contribution >= 4 is 17.6 Å². The van der Waals surface area contributed by atoms with E-state index in [1.165, 1.54) is 0 Å². The predicted molar refractivity (Wildman–Crippen MR) is 61.4 cm³/mol. The van der Waals surface area contributed by atoms with Gasteiger partial charge >= 0.3 is 0 Å². The average Bonchev–Trinajstić information content (AvgIpc) is 2.02. The molecule has 1 atom stereocenters. The van der Waals surface area contributed by atoms with Gasteiger partial charge in [-0.15, -0.1) is 0 Å². The third kappa shape index (κ3) is 2.41. The van der Waals surface area contributed by atoms with Crippen LogP contribution in [0.1, 0.15) is 20.8 Å². The van der Waals surface area contributed by atoms with Crippen LogP contribution in [0.3, 0.4) is 0 Å². The second-order valence-electron chi connectivity index (χ2n) is 4.80. The lowest BCUT2D eigenvalue weighted by atomic mass is 9.86. The van der Waals surface area contributed by atoms with Gasteiger partial charge in [-0.2, -0.15) is 0 Å². The van der Waals surface area contributed by atoms with E-state index in [2.05, 4.69) is 31.1 Å². The smallest absolute Gasteiger partial charge is 0.198 e. The summed E-state index contributed by atoms with van der Waals surface area (Å²) in [5.41, 5.74) is 0.0881. The standard InChI is InChI=1S/C10H18ClN3/c1-10(2,3)8-7(11)6-12-9(13-8)14(4)5/h6,8H,1-5H3,(H,12,13). The summed E-state index contributed by atoms with van der Waals surface area (Å²) in [6.45, 7) is 6.46. The molecular formula is C10H18ClN3. The molecule has 1 unspecified atom stereocenters. The molecule has 0 aromatic carbocycles. The molecule has 0 aromatic heterocycles. The molecule has 0 radical (unpaired) electrons. The third-order valence-corrected chi connectivity index (χ3v) is 2.46. The zero-order valence-corrected chi connectivity index (χ0v) is 10.2. The van der Waals surface area contributed by atoms with Crippen LogP contribution in [0, 0.1) is 5.41 Å². The minimum absolute atomic E-state index is 0.0881. The topological polar surface area (TPSA) is 27.6 Å². The summed E-state index contributed by atoms with van der Waals surface area (Å²) in [5.74, 6) is 0.856. The van der Waals surface area contributed by atoms with Crippen molar-refractivity contribution < 1.29 is 0 Å². The van der Waals surface area contributed by atoms with Gasteiger partial charge in [0.1, 0.15) is 0 Å². The maximum atomic E-state index is 6.11. The number of guanidine groups is 1. The second-order valence-corrected chi connectivity index (χ2v) is 5.24. The molecule has 1 aliphatic heterocycles. The Bertz CT molecular complexity index is 274. The predicted octanol–water partition coefficient (Wildman–Crippen LogP) is 2.00. The van der Waals surface area contributed by atoms with Crippen molar-refractivity contribution in [1.29, 1.82) is 0 Å². The van der Waals surface area contributed by atoms with E-state index >= 15 is 0 Å². The van der Waals surface area contributed by atoms with Gasteiger partial charge < -0.3 is 10.2 Å². The van der Waals surface area contributed by atoms with Crippen molar-refractivity contribution in [2.24, 2.45) is 10.4 Å². The largest absolute Gasteiger partial charge is 0.349 e. The molecule has 3 nitrogen and oxygen atoms in total. The monoisotopic (exact) mass is 215 g/mol. The van der Waals surface area contributed by atoms with Crippen molar-refractivity contribution in [2.45, 2.75) is 26.8 Å². The fourth-order valence-electron chi connectivity index (χ4n) is 1.31. The Morgan fingerprint density at radius 2 is 2.00 bits per heavy atom. The van der Waals surface area contributed by atoms with Crippen LogP contribution in [0.15, 0.2) is 16.2 Å². The normalized spacial score (nSPS) is 22.3. The molecular weight excluding hydrogens is 198 g/mol. The Labute approximate surface area is 90.8 Å². The number of nitrogens with one attached hydrogen (secondary N) is 1. The van der Waals surface area contributed by atoms with Crippen molar-refractivity contribution in [3.8, 4) is 0 Å². The van der Waals surface area contributed by atoms with Gasteiger partial charge in [-0.1, -0.05) is 32.4 Å². The van der Waals surface area contributed by atoms with Gasteiger partial charge in [0.2, 0.25) is 0 Å². The molecule has 4 heteroatoms. The van der Waals surface area contributed by atoms with Crippen molar-refractivity contribution in [3.05, 3.63) is 11.2 Å². The highest BCUT2D eigenvalue weighted by Gasteiger charge is 2.30. The van der Waals surface area contributed by atoms with Crippen LogP contribution in [-0.2, 0) is 0 Å². The zero-order chi connectivity index (χ0) is 10.9. The number of rotatable bonds is 0. The number of hydrogen-bond donors (Lipinski definition) is 1. The van der Waals surface area contributed by atoms with E-state index in [4.69, 9.17) is 11.6 Å². The lowest BCUT2D eigenvalue weighted by molar-refractivity contribution is 0.328. The van der Waals surface area contributed by atoms with E-state index in [1.54, 1.807) is 6.20 Å². The molecule has 0 aromatic rings. The molecule has 0 amide bonds. The van der Waals surface area contributed by atoms with Crippen LogP contribution < -0.4 is 5.32 Å². The summed E-state index contributed by atoms with van der Waals surface area (Å²) >= 11 is 6.11. The first kappa shape index (κ1) is 11.4. The van der Waals surface area contributed by atoms with Crippen LogP contribution >= 0.6 is 11.6 Å². The van der Waals surface area contributed by atoms with E-state index in [0.717, 1.165) is 11.0 Å². The third-order valence-electron chi connectivity index (χ3n) is 2.15. The van der Waals surface area contributed by atoms with Gasteiger partial charge in [-0.25, -0.2) is 4.99 Å². The Hall–Kier alpha value is -0.700. The zero-order valence-electron chi connectivity index (χ0n) is 9.43. The Balaban J connectivity index is 2.87. The molecule has 1 aliphatic rings. The number of nitrogens with zero attached hydrogens (tertiary/aromatic N) is 2. The Kier molecular flexibility index (Phi) is 3.10. The average molecular weight is 216 g/mol. The van der Waals surface area contributed by atoms with Gasteiger partial charge in [-0.3, -0.25) is 0 Å². The molecule has 14 heavy (non-hydrogen) atoms. The summed E-state index contributed by atoms with van der Waals surface area (Å²) in [6.07, 6.45) is 1.73. The Morgan fingerprint density at radius 3 is 2.43 bits per heavy atom. The SMILES string of the molecule is CN(C)C1=NC=C(Cl)C(C(C)(C)C)N1. The van der Waals surface area contributed by atoms with Crippen LogP contribution in [0.2, 0.25) is 0 Å². The van der Waals surface area contributed by atoms with Crippen molar-refractivity contribution in [1.82, 2.24) is 10.2 Å². The van der Waals surface area contributed by atoms with Crippen LogP contribution in [0.5, 0.6) is 0 Å². The molecule has 0 spiro atoms. The summed E-state index contributed by atoms with van der Waals surface area (Å²) in [6, 6.07) is 0.138. The first-order chi connectivity index (χ1) is 6.32. The lowest BCUT2D eigenvalue weighted by Gasteiger charge is -2.35. The summed E-state index contributed by atoms with van der Waals surface area (Å²) < 4.78 is 0. The van der Waals surface area contributed by atoms with E-state index in [1.807, 2.05) is 19.0 Å². The fraction of sp³-hybridized carbons (Fsp3) is 0.700. The maximum Gasteiger partial charge on any atom is 0.198 e. The molecule has 1 rings (SSSR count). The summed E-state index contributed by atoms with van der Waals surface area (Å²) in [4.78, 5) is 6.15. The number of halogens is 1. The molecule has 0 saturated heterocycles. The van der Waals surface area contributed by atoms with Crippen LogP contribution in [-0.4, -0.2) is 31.0 Å². The second kappa shape index (κ2) is 3.81. The van der Waals surface area contributed by atoms with Gasteiger partial charge in [-0.05, 0) is 5.41 Å². The van der Waals surface area contributed by atoms with Crippen LogP contribution in [0.4, 0.5) is 0 Å². The molecule has 80 valence electrons. The first-order valence-corrected chi connectivity index (χ1v) is 5.07. The number of hydrogen-bond acceptors (Lipinski definition) is 3. The van der Waals surface area contributed by atoms with Gasteiger partial charge in [0.15, 0.2) is 5.96 Å². The highest BCUT2D eigenvalue weighted by Crippen LogP contribution is 2.28. The van der Waals surface area contributed by atoms with E-state index < -0.39 is 0 Å². The highest BCUT2D eigenvalue weighted by molar-refractivity contribution is 6.30. The molecule has 0 aliphatic carbocycles. The minimum Gasteiger partial charge on any atom is -0.349 e. The fourth-order valence-corrected chi connectivity index (χ4v) is 1.74. The minimum atomic E-state index is 0.0881. The van der Waals surface area contributed by atoms with Gasteiger partial charge in [0.25, 0.3) is 0 Å². The van der Waals surface area contributed by atoms with Gasteiger partial charge in [0.05, 0.1) is 11.1 Å². The van der Waals surface area contributed by atoms with E-state index in [-0.39, 0.29) is 11.5 Å². The van der Waals surface area contributed by atoms with Crippen LogP contribution in [0.25, 0.3) is 0 Å². The van der Waals surface area contributed by atoms with Crippen molar-refractivity contribution in [2.75, 3.05) is 14.1 Å². The summed E-state index contributed by atoms with van der Waals surface area (Å²) in [5, 5.41) is 4.09. The quantitative estimate of drug-likeness (QED) is 0.670. The van der Waals surface area contributed by atoms with Crippen molar-refractivity contribution in [3.63, 3.8) is 0 Å². The Morgan fingerprint density at radius 1 is 1.43 bits per heavy atom. The van der Waals surface area contributed by atoms with Gasteiger partial charge in [0, 0.05) is 20.3 Å². The maximum absolute atomic E-state index is 6.11. The molecule has 0 fully saturated rings. The number of aliphatic imine (C=N–C) groups is 1. The van der Waals surface area contributed by atoms with E-state index in [9.17, 15) is 0 Å². The highest BCUT2D eigenvalue weighted by atomic mass is 35.5. The molecule has 1 heterocycles. The summed E-state index contributed by atoms with van der Waals surface area (Å²) in [7, 11) is 3.91. The molecule has 0 saturated carbocycles. The first-order valence-electron chi connectivity index (χ1n) is 4.69. The lowest BCUT2D eigenvalue weighted by Crippen LogP contribution is -2.50.